The Kier molecular flexibility index (Phi) is 5.64. The van der Waals surface area contributed by atoms with Crippen molar-refractivity contribution in [3.8, 4) is 0 Å². The predicted molar refractivity (Wildman–Crippen MR) is 110 cm³/mol. The van der Waals surface area contributed by atoms with Crippen LogP contribution in [0.1, 0.15) is 42.3 Å². The molecule has 3 heterocycles. The third-order valence-corrected chi connectivity index (χ3v) is 5.91. The molecule has 28 heavy (non-hydrogen) atoms. The molecule has 6 nitrogen and oxygen atoms in total. The third kappa shape index (κ3) is 4.05. The number of aryl methyl sites for hydroxylation is 1. The zero-order valence-electron chi connectivity index (χ0n) is 15.3. The number of hydrogen-bond acceptors (Lipinski definition) is 4. The molecule has 0 saturated heterocycles. The fourth-order valence-electron chi connectivity index (χ4n) is 3.52. The van der Waals surface area contributed by atoms with Crippen LogP contribution in [-0.2, 0) is 24.3 Å². The van der Waals surface area contributed by atoms with E-state index < -0.39 is 0 Å². The maximum absolute atomic E-state index is 12.7. The number of carbonyl (C=O) groups excluding carboxylic acids is 1. The molecule has 2 aromatic heterocycles. The topological polar surface area (TPSA) is 68.9 Å². The Morgan fingerprint density at radius 1 is 1.18 bits per heavy atom. The van der Waals surface area contributed by atoms with Crippen molar-refractivity contribution in [2.75, 3.05) is 0 Å². The average Bonchev–Trinajstić information content (AvgIpc) is 3.24. The number of nitrogens with zero attached hydrogens (tertiary/aromatic N) is 3. The summed E-state index contributed by atoms with van der Waals surface area (Å²) < 4.78 is 2.98. The van der Waals surface area contributed by atoms with Crippen LogP contribution in [0.5, 0.6) is 0 Å². The van der Waals surface area contributed by atoms with Crippen LogP contribution in [0.2, 0.25) is 5.02 Å². The lowest BCUT2D eigenvalue weighted by Crippen LogP contribution is -2.36. The van der Waals surface area contributed by atoms with Crippen LogP contribution < -0.4 is 11.0 Å². The highest BCUT2D eigenvalue weighted by Gasteiger charge is 2.21. The molecule has 1 unspecified atom stereocenters. The molecule has 0 bridgehead atoms. The van der Waals surface area contributed by atoms with E-state index in [1.807, 2.05) is 29.0 Å². The molecule has 8 heteroatoms. The zero-order chi connectivity index (χ0) is 19.5. The smallest absolute Gasteiger partial charge is 0.344 e. The van der Waals surface area contributed by atoms with Gasteiger partial charge in [0, 0.05) is 18.0 Å². The molecular weight excluding hydrogens is 396 g/mol. The number of benzene rings is 1. The SMILES string of the molecule is O=C(Cn1nc2n(c1=O)CCCCC2)NC(c1ccc(Cl)cc1)c1ccsc1. The fourth-order valence-corrected chi connectivity index (χ4v) is 4.34. The summed E-state index contributed by atoms with van der Waals surface area (Å²) in [6, 6.07) is 9.09. The quantitative estimate of drug-likeness (QED) is 0.693. The number of thiophene rings is 1. The molecule has 1 N–H and O–H groups in total. The first-order valence-electron chi connectivity index (χ1n) is 9.35. The summed E-state index contributed by atoms with van der Waals surface area (Å²) in [6.07, 6.45) is 3.89. The number of amides is 1. The Hall–Kier alpha value is -2.38. The highest BCUT2D eigenvalue weighted by Crippen LogP contribution is 2.25. The normalized spacial score (nSPS) is 14.9. The summed E-state index contributed by atoms with van der Waals surface area (Å²) in [5, 5.41) is 12.1. The molecule has 1 aliphatic heterocycles. The number of fused-ring (bicyclic) bond motifs is 1. The number of nitrogens with one attached hydrogen (secondary N) is 1. The van der Waals surface area contributed by atoms with Crippen LogP contribution in [0.4, 0.5) is 0 Å². The first-order valence-corrected chi connectivity index (χ1v) is 10.7. The maximum Gasteiger partial charge on any atom is 0.346 e. The molecule has 0 saturated carbocycles. The predicted octanol–water partition coefficient (Wildman–Crippen LogP) is 3.39. The van der Waals surface area contributed by atoms with Gasteiger partial charge < -0.3 is 5.32 Å². The van der Waals surface area contributed by atoms with Gasteiger partial charge in [0.2, 0.25) is 5.91 Å². The van der Waals surface area contributed by atoms with Crippen molar-refractivity contribution < 1.29 is 4.79 Å². The van der Waals surface area contributed by atoms with E-state index in [0.29, 0.717) is 11.6 Å². The van der Waals surface area contributed by atoms with E-state index in [0.717, 1.165) is 42.6 Å². The highest BCUT2D eigenvalue weighted by atomic mass is 35.5. The number of hydrogen-bond donors (Lipinski definition) is 1. The van der Waals surface area contributed by atoms with Crippen LogP contribution in [0.25, 0.3) is 0 Å². The van der Waals surface area contributed by atoms with Gasteiger partial charge in [0.15, 0.2) is 0 Å². The molecule has 0 radical (unpaired) electrons. The van der Waals surface area contributed by atoms with Gasteiger partial charge >= 0.3 is 5.69 Å². The van der Waals surface area contributed by atoms with Gasteiger partial charge in [-0.05, 0) is 52.9 Å². The van der Waals surface area contributed by atoms with Gasteiger partial charge in [-0.2, -0.15) is 16.4 Å². The van der Waals surface area contributed by atoms with Crippen molar-refractivity contribution in [1.82, 2.24) is 19.7 Å². The summed E-state index contributed by atoms with van der Waals surface area (Å²) in [7, 11) is 0. The minimum Gasteiger partial charge on any atom is -0.344 e. The van der Waals surface area contributed by atoms with Crippen molar-refractivity contribution in [2.24, 2.45) is 0 Å². The summed E-state index contributed by atoms with van der Waals surface area (Å²) in [4.78, 5) is 25.3. The Balaban J connectivity index is 1.54. The van der Waals surface area contributed by atoms with Crippen molar-refractivity contribution >= 4 is 28.8 Å². The molecule has 1 aliphatic rings. The lowest BCUT2D eigenvalue weighted by Gasteiger charge is -2.18. The zero-order valence-corrected chi connectivity index (χ0v) is 16.9. The standard InChI is InChI=1S/C20H21ClN4O2S/c21-16-7-5-14(6-8-16)19(15-9-11-28-13-15)22-18(26)12-25-20(27)24-10-3-1-2-4-17(24)23-25/h5-9,11,13,19H,1-4,10,12H2,(H,22,26). The van der Waals surface area contributed by atoms with Crippen LogP contribution in [-0.4, -0.2) is 20.3 Å². The Morgan fingerprint density at radius 3 is 2.75 bits per heavy atom. The monoisotopic (exact) mass is 416 g/mol. The van der Waals surface area contributed by atoms with Crippen molar-refractivity contribution in [1.29, 1.82) is 0 Å². The Bertz CT molecular complexity index is 1010. The van der Waals surface area contributed by atoms with Crippen molar-refractivity contribution in [3.05, 3.63) is 73.6 Å². The minimum absolute atomic E-state index is 0.0902. The van der Waals surface area contributed by atoms with Crippen LogP contribution in [0, 0.1) is 0 Å². The van der Waals surface area contributed by atoms with E-state index >= 15 is 0 Å². The first kappa shape index (κ1) is 19.0. The number of aromatic nitrogens is 3. The largest absolute Gasteiger partial charge is 0.346 e. The van der Waals surface area contributed by atoms with E-state index in [2.05, 4.69) is 10.4 Å². The van der Waals surface area contributed by atoms with E-state index in [4.69, 9.17) is 11.6 Å². The summed E-state index contributed by atoms with van der Waals surface area (Å²) in [5.74, 6) is 0.531. The molecule has 146 valence electrons. The van der Waals surface area contributed by atoms with Gasteiger partial charge in [-0.15, -0.1) is 0 Å². The van der Waals surface area contributed by atoms with Crippen molar-refractivity contribution in [2.45, 2.75) is 44.8 Å². The van der Waals surface area contributed by atoms with E-state index in [1.165, 1.54) is 4.68 Å². The van der Waals surface area contributed by atoms with Crippen LogP contribution in [0.3, 0.4) is 0 Å². The van der Waals surface area contributed by atoms with Crippen LogP contribution in [0.15, 0.2) is 45.9 Å². The van der Waals surface area contributed by atoms with E-state index in [9.17, 15) is 9.59 Å². The van der Waals surface area contributed by atoms with Crippen LogP contribution >= 0.6 is 22.9 Å². The molecule has 0 spiro atoms. The second-order valence-electron chi connectivity index (χ2n) is 6.93. The molecule has 1 amide bonds. The molecule has 1 aromatic carbocycles. The van der Waals surface area contributed by atoms with E-state index in [-0.39, 0.29) is 24.2 Å². The van der Waals surface area contributed by atoms with Gasteiger partial charge in [-0.3, -0.25) is 9.36 Å². The van der Waals surface area contributed by atoms with Gasteiger partial charge in [0.05, 0.1) is 6.04 Å². The highest BCUT2D eigenvalue weighted by molar-refractivity contribution is 7.08. The van der Waals surface area contributed by atoms with E-state index in [1.54, 1.807) is 28.0 Å². The maximum atomic E-state index is 12.7. The average molecular weight is 417 g/mol. The summed E-state index contributed by atoms with van der Waals surface area (Å²) in [6.45, 7) is 0.588. The summed E-state index contributed by atoms with van der Waals surface area (Å²) in [5.41, 5.74) is 1.73. The molecule has 0 fully saturated rings. The summed E-state index contributed by atoms with van der Waals surface area (Å²) >= 11 is 7.57. The number of carbonyl (C=O) groups is 1. The molecule has 3 aromatic rings. The second-order valence-corrected chi connectivity index (χ2v) is 8.14. The van der Waals surface area contributed by atoms with Gasteiger partial charge in [-0.1, -0.05) is 30.2 Å². The molecule has 0 aliphatic carbocycles. The van der Waals surface area contributed by atoms with Gasteiger partial charge in [0.1, 0.15) is 12.4 Å². The lowest BCUT2D eigenvalue weighted by atomic mass is 10.0. The number of halogens is 1. The van der Waals surface area contributed by atoms with Gasteiger partial charge in [-0.25, -0.2) is 9.48 Å². The number of rotatable bonds is 5. The molecular formula is C20H21ClN4O2S. The molecule has 4 rings (SSSR count). The van der Waals surface area contributed by atoms with Gasteiger partial charge in [0.25, 0.3) is 0 Å². The molecule has 1 atom stereocenters. The third-order valence-electron chi connectivity index (χ3n) is 4.96. The fraction of sp³-hybridized carbons (Fsp3) is 0.350. The minimum atomic E-state index is -0.299. The first-order chi connectivity index (χ1) is 13.6. The second kappa shape index (κ2) is 8.32. The Labute approximate surface area is 171 Å². The lowest BCUT2D eigenvalue weighted by molar-refractivity contribution is -0.122. The van der Waals surface area contributed by atoms with Crippen molar-refractivity contribution in [3.63, 3.8) is 0 Å². The Morgan fingerprint density at radius 2 is 2.00 bits per heavy atom.